The van der Waals surface area contributed by atoms with Crippen molar-refractivity contribution in [1.29, 1.82) is 0 Å². The van der Waals surface area contributed by atoms with Crippen molar-refractivity contribution in [2.24, 2.45) is 5.92 Å². The van der Waals surface area contributed by atoms with Gasteiger partial charge in [-0.05, 0) is 37.9 Å². The molecule has 1 fully saturated rings. The highest BCUT2D eigenvalue weighted by atomic mass is 79.9. The van der Waals surface area contributed by atoms with Crippen molar-refractivity contribution in [3.05, 3.63) is 19.2 Å². The van der Waals surface area contributed by atoms with E-state index in [9.17, 15) is 9.59 Å². The molecule has 0 bridgehead atoms. The van der Waals surface area contributed by atoms with Gasteiger partial charge in [0.2, 0.25) is 0 Å². The van der Waals surface area contributed by atoms with Crippen LogP contribution in [0.2, 0.25) is 0 Å². The summed E-state index contributed by atoms with van der Waals surface area (Å²) in [5.41, 5.74) is 0. The molecule has 0 aliphatic carbocycles. The number of carbonyl (C=O) groups excluding carboxylic acids is 1. The Morgan fingerprint density at radius 2 is 2.17 bits per heavy atom. The van der Waals surface area contributed by atoms with Gasteiger partial charge in [-0.1, -0.05) is 0 Å². The molecular formula is C10H9Br2NO4S. The maximum Gasteiger partial charge on any atom is 0.311 e. The smallest absolute Gasteiger partial charge is 0.311 e. The summed E-state index contributed by atoms with van der Waals surface area (Å²) in [6, 6.07) is 1.21. The third kappa shape index (κ3) is 2.93. The van der Waals surface area contributed by atoms with Gasteiger partial charge in [0.05, 0.1) is 27.9 Å². The minimum Gasteiger partial charge on any atom is -0.481 e. The monoisotopic (exact) mass is 397 g/mol. The third-order valence-corrected chi connectivity index (χ3v) is 5.84. The fourth-order valence-corrected chi connectivity index (χ4v) is 3.58. The average Bonchev–Trinajstić information content (AvgIpc) is 2.87. The number of amides is 1. The van der Waals surface area contributed by atoms with E-state index < -0.39 is 17.9 Å². The van der Waals surface area contributed by atoms with E-state index in [1.807, 2.05) is 0 Å². The van der Waals surface area contributed by atoms with Gasteiger partial charge in [-0.15, -0.1) is 11.3 Å². The molecule has 98 valence electrons. The van der Waals surface area contributed by atoms with Crippen molar-refractivity contribution in [3.63, 3.8) is 0 Å². The number of hydrogen-bond acceptors (Lipinski definition) is 4. The summed E-state index contributed by atoms with van der Waals surface area (Å²) in [6.07, 6.45) is 0. The van der Waals surface area contributed by atoms with Crippen LogP contribution in [0.4, 0.5) is 0 Å². The zero-order valence-corrected chi connectivity index (χ0v) is 13.0. The lowest BCUT2D eigenvalue weighted by Crippen LogP contribution is -2.42. The number of thiophene rings is 1. The predicted molar refractivity (Wildman–Crippen MR) is 72.9 cm³/mol. The second-order valence-corrected chi connectivity index (χ2v) is 7.02. The Bertz CT molecular complexity index is 471. The Morgan fingerprint density at radius 3 is 2.72 bits per heavy atom. The Labute approximate surface area is 124 Å². The predicted octanol–water partition coefficient (Wildman–Crippen LogP) is 2.10. The molecular weight excluding hydrogens is 390 g/mol. The number of carboxylic acid groups (broad SMARTS) is 1. The van der Waals surface area contributed by atoms with Crippen LogP contribution in [0.3, 0.4) is 0 Å². The summed E-state index contributed by atoms with van der Waals surface area (Å²) in [7, 11) is 0. The van der Waals surface area contributed by atoms with E-state index in [1.165, 1.54) is 11.3 Å². The first-order valence-electron chi connectivity index (χ1n) is 5.05. The van der Waals surface area contributed by atoms with Crippen molar-refractivity contribution >= 4 is 55.1 Å². The van der Waals surface area contributed by atoms with Crippen LogP contribution in [0.25, 0.3) is 0 Å². The van der Waals surface area contributed by atoms with E-state index in [0.29, 0.717) is 4.88 Å². The number of nitrogens with one attached hydrogen (secondary N) is 1. The first-order valence-corrected chi connectivity index (χ1v) is 7.45. The first-order chi connectivity index (χ1) is 8.49. The Balaban J connectivity index is 2.05. The molecule has 1 aromatic rings. The van der Waals surface area contributed by atoms with Gasteiger partial charge in [-0.3, -0.25) is 9.59 Å². The largest absolute Gasteiger partial charge is 0.481 e. The lowest BCUT2D eigenvalue weighted by molar-refractivity contribution is -0.142. The van der Waals surface area contributed by atoms with Gasteiger partial charge < -0.3 is 15.2 Å². The van der Waals surface area contributed by atoms with Crippen LogP contribution in [0.5, 0.6) is 0 Å². The number of ether oxygens (including phenoxy) is 1. The summed E-state index contributed by atoms with van der Waals surface area (Å²) >= 11 is 7.89. The van der Waals surface area contributed by atoms with Crippen molar-refractivity contribution in [1.82, 2.24) is 5.32 Å². The first kappa shape index (κ1) is 14.0. The molecule has 18 heavy (non-hydrogen) atoms. The number of carboxylic acids is 1. The molecule has 1 aliphatic heterocycles. The quantitative estimate of drug-likeness (QED) is 0.817. The summed E-state index contributed by atoms with van der Waals surface area (Å²) in [4.78, 5) is 23.4. The lowest BCUT2D eigenvalue weighted by atomic mass is 10.0. The Morgan fingerprint density at radius 1 is 1.44 bits per heavy atom. The minimum atomic E-state index is -0.952. The Kier molecular flexibility index (Phi) is 4.41. The van der Waals surface area contributed by atoms with Crippen LogP contribution in [-0.2, 0) is 9.53 Å². The summed E-state index contributed by atoms with van der Waals surface area (Å²) in [6.45, 7) is 0.370. The van der Waals surface area contributed by atoms with E-state index in [2.05, 4.69) is 37.2 Å². The highest BCUT2D eigenvalue weighted by Gasteiger charge is 2.35. The number of hydrogen-bond donors (Lipinski definition) is 2. The van der Waals surface area contributed by atoms with E-state index in [4.69, 9.17) is 9.84 Å². The molecule has 0 spiro atoms. The molecule has 0 saturated carbocycles. The topological polar surface area (TPSA) is 75.6 Å². The van der Waals surface area contributed by atoms with Crippen LogP contribution < -0.4 is 5.32 Å². The molecule has 1 amide bonds. The second-order valence-electron chi connectivity index (χ2n) is 3.79. The van der Waals surface area contributed by atoms with Crippen LogP contribution in [-0.4, -0.2) is 36.2 Å². The van der Waals surface area contributed by atoms with Gasteiger partial charge in [0, 0.05) is 4.47 Å². The number of rotatable bonds is 3. The zero-order valence-electron chi connectivity index (χ0n) is 8.98. The van der Waals surface area contributed by atoms with Gasteiger partial charge in [0.1, 0.15) is 5.92 Å². The zero-order chi connectivity index (χ0) is 13.3. The van der Waals surface area contributed by atoms with Crippen molar-refractivity contribution in [3.8, 4) is 0 Å². The van der Waals surface area contributed by atoms with Crippen LogP contribution >= 0.6 is 43.2 Å². The molecule has 2 N–H and O–H groups in total. The molecule has 2 rings (SSSR count). The Hall–Kier alpha value is -0.440. The lowest BCUT2D eigenvalue weighted by Gasteiger charge is -2.14. The highest BCUT2D eigenvalue weighted by molar-refractivity contribution is 9.13. The molecule has 0 radical (unpaired) electrons. The summed E-state index contributed by atoms with van der Waals surface area (Å²) < 4.78 is 6.71. The van der Waals surface area contributed by atoms with E-state index in [0.717, 1.165) is 8.26 Å². The SMILES string of the molecule is O=C(NC1COCC1C(=O)O)c1cc(Br)c(Br)s1. The maximum absolute atomic E-state index is 11.9. The second kappa shape index (κ2) is 5.68. The number of carbonyl (C=O) groups is 2. The van der Waals surface area contributed by atoms with Gasteiger partial charge in [0.15, 0.2) is 0 Å². The van der Waals surface area contributed by atoms with Gasteiger partial charge >= 0.3 is 5.97 Å². The molecule has 2 heterocycles. The minimum absolute atomic E-state index is 0.137. The maximum atomic E-state index is 11.9. The molecule has 1 aliphatic rings. The van der Waals surface area contributed by atoms with Crippen LogP contribution in [0, 0.1) is 5.92 Å². The molecule has 0 aromatic carbocycles. The molecule has 2 unspecified atom stereocenters. The van der Waals surface area contributed by atoms with Gasteiger partial charge in [0.25, 0.3) is 5.91 Å². The van der Waals surface area contributed by atoms with Gasteiger partial charge in [-0.25, -0.2) is 0 Å². The van der Waals surface area contributed by atoms with Gasteiger partial charge in [-0.2, -0.15) is 0 Å². The van der Waals surface area contributed by atoms with Crippen molar-refractivity contribution in [2.45, 2.75) is 6.04 Å². The molecule has 2 atom stereocenters. The molecule has 1 aromatic heterocycles. The number of aliphatic carboxylic acids is 1. The summed E-state index contributed by atoms with van der Waals surface area (Å²) in [5, 5.41) is 11.7. The molecule has 8 heteroatoms. The van der Waals surface area contributed by atoms with E-state index in [-0.39, 0.29) is 19.1 Å². The standard InChI is InChI=1S/C10H9Br2NO4S/c11-5-1-7(18-8(5)12)9(14)13-6-3-17-2-4(6)10(15)16/h1,4,6H,2-3H2,(H,13,14)(H,15,16). The van der Waals surface area contributed by atoms with E-state index >= 15 is 0 Å². The fraction of sp³-hybridized carbons (Fsp3) is 0.400. The third-order valence-electron chi connectivity index (χ3n) is 2.58. The van der Waals surface area contributed by atoms with Crippen molar-refractivity contribution in [2.75, 3.05) is 13.2 Å². The summed E-state index contributed by atoms with van der Waals surface area (Å²) in [5.74, 6) is -1.92. The van der Waals surface area contributed by atoms with Crippen LogP contribution in [0.1, 0.15) is 9.67 Å². The number of halogens is 2. The normalized spacial score (nSPS) is 23.0. The van der Waals surface area contributed by atoms with E-state index in [1.54, 1.807) is 6.07 Å². The average molecular weight is 399 g/mol. The molecule has 5 nitrogen and oxygen atoms in total. The highest BCUT2D eigenvalue weighted by Crippen LogP contribution is 2.32. The molecule has 1 saturated heterocycles. The van der Waals surface area contributed by atoms with Crippen LogP contribution in [0.15, 0.2) is 14.3 Å². The fourth-order valence-electron chi connectivity index (χ4n) is 1.64. The van der Waals surface area contributed by atoms with Crippen molar-refractivity contribution < 1.29 is 19.4 Å².